The Morgan fingerprint density at radius 1 is 1.10 bits per heavy atom. The number of carbonyl (C=O) groups is 1. The minimum Gasteiger partial charge on any atom is -0.493 e. The third-order valence-corrected chi connectivity index (χ3v) is 4.20. The van der Waals surface area contributed by atoms with E-state index in [9.17, 15) is 4.79 Å². The Kier molecular flexibility index (Phi) is 8.52. The van der Waals surface area contributed by atoms with Crippen molar-refractivity contribution in [3.8, 4) is 17.2 Å². The zero-order valence-electron chi connectivity index (χ0n) is 17.8. The van der Waals surface area contributed by atoms with Crippen LogP contribution in [-0.2, 0) is 4.79 Å². The minimum absolute atomic E-state index is 0.104. The summed E-state index contributed by atoms with van der Waals surface area (Å²) in [4.78, 5) is 12.1. The fourth-order valence-corrected chi connectivity index (χ4v) is 2.69. The molecule has 0 atom stereocenters. The molecule has 2 aromatic rings. The number of benzene rings is 2. The first kappa shape index (κ1) is 22.3. The predicted octanol–water partition coefficient (Wildman–Crippen LogP) is 4.44. The number of hydrazone groups is 1. The summed E-state index contributed by atoms with van der Waals surface area (Å²) in [5.74, 6) is 2.02. The molecule has 0 fully saturated rings. The summed E-state index contributed by atoms with van der Waals surface area (Å²) in [6.45, 7) is 8.74. The van der Waals surface area contributed by atoms with Crippen LogP contribution >= 0.6 is 0 Å². The number of rotatable bonds is 10. The van der Waals surface area contributed by atoms with Crippen LogP contribution in [0, 0.1) is 6.92 Å². The second-order valence-electron chi connectivity index (χ2n) is 7.04. The molecule has 0 saturated carbocycles. The van der Waals surface area contributed by atoms with Gasteiger partial charge in [-0.2, -0.15) is 5.10 Å². The predicted molar refractivity (Wildman–Crippen MR) is 115 cm³/mol. The maximum absolute atomic E-state index is 12.1. The Morgan fingerprint density at radius 3 is 2.59 bits per heavy atom. The number of hydrogen-bond donors (Lipinski definition) is 1. The van der Waals surface area contributed by atoms with Crippen molar-refractivity contribution in [3.63, 3.8) is 0 Å². The van der Waals surface area contributed by atoms with E-state index >= 15 is 0 Å². The number of ether oxygens (including phenoxy) is 3. The number of nitrogens with one attached hydrogen (secondary N) is 1. The molecule has 0 aliphatic heterocycles. The first-order chi connectivity index (χ1) is 13.9. The highest BCUT2D eigenvalue weighted by Gasteiger charge is 2.10. The fraction of sp³-hybridized carbons (Fsp3) is 0.391. The second kappa shape index (κ2) is 11.1. The molecule has 2 aromatic carbocycles. The number of aryl methyl sites for hydroxylation is 1. The summed E-state index contributed by atoms with van der Waals surface area (Å²) in [5, 5.41) is 4.00. The second-order valence-corrected chi connectivity index (χ2v) is 7.04. The van der Waals surface area contributed by atoms with Crippen LogP contribution in [0.5, 0.6) is 17.2 Å². The van der Waals surface area contributed by atoms with Crippen LogP contribution in [0.4, 0.5) is 0 Å². The van der Waals surface area contributed by atoms with Gasteiger partial charge in [0.05, 0.1) is 19.9 Å². The van der Waals surface area contributed by atoms with Crippen molar-refractivity contribution in [3.05, 3.63) is 53.1 Å². The van der Waals surface area contributed by atoms with Crippen LogP contribution in [0.3, 0.4) is 0 Å². The molecule has 6 nitrogen and oxygen atoms in total. The molecular weight excluding hydrogens is 368 g/mol. The highest BCUT2D eigenvalue weighted by molar-refractivity contribution is 5.83. The van der Waals surface area contributed by atoms with Gasteiger partial charge in [0.2, 0.25) is 0 Å². The summed E-state index contributed by atoms with van der Waals surface area (Å²) >= 11 is 0. The van der Waals surface area contributed by atoms with Crippen LogP contribution in [0.2, 0.25) is 0 Å². The molecule has 0 spiro atoms. The maximum atomic E-state index is 12.1. The van der Waals surface area contributed by atoms with E-state index in [1.807, 2.05) is 44.2 Å². The summed E-state index contributed by atoms with van der Waals surface area (Å²) in [6.07, 6.45) is 2.47. The van der Waals surface area contributed by atoms with Gasteiger partial charge in [0.1, 0.15) is 5.75 Å². The van der Waals surface area contributed by atoms with Crippen molar-refractivity contribution in [2.45, 2.75) is 40.0 Å². The van der Waals surface area contributed by atoms with E-state index in [2.05, 4.69) is 24.4 Å². The molecule has 2 rings (SSSR count). The lowest BCUT2D eigenvalue weighted by Crippen LogP contribution is -2.25. The monoisotopic (exact) mass is 398 g/mol. The van der Waals surface area contributed by atoms with Gasteiger partial charge >= 0.3 is 0 Å². The van der Waals surface area contributed by atoms with E-state index in [0.717, 1.165) is 28.9 Å². The lowest BCUT2D eigenvalue weighted by atomic mass is 10.0. The van der Waals surface area contributed by atoms with E-state index in [-0.39, 0.29) is 12.5 Å². The van der Waals surface area contributed by atoms with E-state index in [1.165, 1.54) is 0 Å². The van der Waals surface area contributed by atoms with Gasteiger partial charge in [-0.25, -0.2) is 5.43 Å². The molecule has 0 aliphatic carbocycles. The Hall–Kier alpha value is -3.02. The fourth-order valence-electron chi connectivity index (χ4n) is 2.69. The third-order valence-electron chi connectivity index (χ3n) is 4.20. The molecule has 0 saturated heterocycles. The molecule has 156 valence electrons. The zero-order valence-corrected chi connectivity index (χ0v) is 17.8. The molecule has 0 bridgehead atoms. The molecule has 29 heavy (non-hydrogen) atoms. The topological polar surface area (TPSA) is 69.2 Å². The van der Waals surface area contributed by atoms with Gasteiger partial charge in [0, 0.05) is 0 Å². The molecule has 0 heterocycles. The number of hydrogen-bond acceptors (Lipinski definition) is 5. The van der Waals surface area contributed by atoms with Crippen LogP contribution < -0.4 is 19.6 Å². The normalized spacial score (nSPS) is 11.0. The molecule has 0 unspecified atom stereocenters. The number of methoxy groups -OCH3 is 1. The summed E-state index contributed by atoms with van der Waals surface area (Å²) in [7, 11) is 1.59. The van der Waals surface area contributed by atoms with Crippen LogP contribution in [0.1, 0.15) is 49.8 Å². The number of carbonyl (C=O) groups excluding carboxylic acids is 1. The highest BCUT2D eigenvalue weighted by Crippen LogP contribution is 2.28. The van der Waals surface area contributed by atoms with Gasteiger partial charge in [0.25, 0.3) is 5.91 Å². The Bertz CT molecular complexity index is 847. The standard InChI is InChI=1S/C23H30N2O4/c1-6-11-28-20-10-8-18(13-22(20)27-5)14-24-25-23(26)15-29-21-12-17(4)7-9-19(21)16(2)3/h7-10,12-14,16H,6,11,15H2,1-5H3,(H,25,26)/b24-14-. The van der Waals surface area contributed by atoms with E-state index < -0.39 is 0 Å². The first-order valence-electron chi connectivity index (χ1n) is 9.80. The van der Waals surface area contributed by atoms with Gasteiger partial charge in [-0.05, 0) is 60.2 Å². The Labute approximate surface area is 172 Å². The number of amides is 1. The van der Waals surface area contributed by atoms with Crippen molar-refractivity contribution < 1.29 is 19.0 Å². The third kappa shape index (κ3) is 6.82. The van der Waals surface area contributed by atoms with Crippen molar-refractivity contribution in [1.29, 1.82) is 0 Å². The molecule has 6 heteroatoms. The quantitative estimate of drug-likeness (QED) is 0.474. The Morgan fingerprint density at radius 2 is 1.90 bits per heavy atom. The molecule has 0 radical (unpaired) electrons. The molecule has 0 aromatic heterocycles. The largest absolute Gasteiger partial charge is 0.493 e. The van der Waals surface area contributed by atoms with Gasteiger partial charge in [-0.1, -0.05) is 32.9 Å². The molecule has 0 aliphatic rings. The van der Waals surface area contributed by atoms with Crippen molar-refractivity contribution >= 4 is 12.1 Å². The number of nitrogens with zero attached hydrogens (tertiary/aromatic N) is 1. The first-order valence-corrected chi connectivity index (χ1v) is 9.80. The van der Waals surface area contributed by atoms with Crippen molar-refractivity contribution in [1.82, 2.24) is 5.43 Å². The van der Waals surface area contributed by atoms with E-state index in [0.29, 0.717) is 24.0 Å². The molecule has 1 amide bonds. The van der Waals surface area contributed by atoms with Crippen molar-refractivity contribution in [2.75, 3.05) is 20.3 Å². The van der Waals surface area contributed by atoms with Crippen LogP contribution in [-0.4, -0.2) is 32.4 Å². The average Bonchev–Trinajstić information content (AvgIpc) is 2.70. The zero-order chi connectivity index (χ0) is 21.2. The summed E-state index contributed by atoms with van der Waals surface area (Å²) in [5.41, 5.74) is 5.43. The molecule has 1 N–H and O–H groups in total. The van der Waals surface area contributed by atoms with E-state index in [4.69, 9.17) is 14.2 Å². The minimum atomic E-state index is -0.327. The average molecular weight is 399 g/mol. The smallest absolute Gasteiger partial charge is 0.277 e. The molecular formula is C23H30N2O4. The van der Waals surface area contributed by atoms with Gasteiger partial charge in [0.15, 0.2) is 18.1 Å². The van der Waals surface area contributed by atoms with Gasteiger partial charge in [-0.15, -0.1) is 0 Å². The van der Waals surface area contributed by atoms with Gasteiger partial charge in [-0.3, -0.25) is 4.79 Å². The summed E-state index contributed by atoms with van der Waals surface area (Å²) < 4.78 is 16.7. The summed E-state index contributed by atoms with van der Waals surface area (Å²) in [6, 6.07) is 11.5. The maximum Gasteiger partial charge on any atom is 0.277 e. The van der Waals surface area contributed by atoms with E-state index in [1.54, 1.807) is 19.4 Å². The SMILES string of the molecule is CCCOc1ccc(/C=N\NC(=O)COc2cc(C)ccc2C(C)C)cc1OC. The van der Waals surface area contributed by atoms with Crippen molar-refractivity contribution in [2.24, 2.45) is 5.10 Å². The van der Waals surface area contributed by atoms with Crippen LogP contribution in [0.15, 0.2) is 41.5 Å². The van der Waals surface area contributed by atoms with Gasteiger partial charge < -0.3 is 14.2 Å². The van der Waals surface area contributed by atoms with Crippen LogP contribution in [0.25, 0.3) is 0 Å². The lowest BCUT2D eigenvalue weighted by Gasteiger charge is -2.14. The highest BCUT2D eigenvalue weighted by atomic mass is 16.5. The Balaban J connectivity index is 1.92. The lowest BCUT2D eigenvalue weighted by molar-refractivity contribution is -0.123.